The van der Waals surface area contributed by atoms with Crippen molar-refractivity contribution >= 4 is 44.6 Å². The number of hydrogen-bond acceptors (Lipinski definition) is 6. The highest BCUT2D eigenvalue weighted by atomic mass is 32.2. The average molecular weight is 488 g/mol. The van der Waals surface area contributed by atoms with E-state index in [0.29, 0.717) is 16.8 Å². The largest absolute Gasteiger partial charge is 0.379 e. The zero-order chi connectivity index (χ0) is 24.8. The van der Waals surface area contributed by atoms with Gasteiger partial charge in [-0.25, -0.2) is 5.43 Å². The zero-order valence-electron chi connectivity index (χ0n) is 18.6. The van der Waals surface area contributed by atoms with E-state index in [4.69, 9.17) is 4.18 Å². The Morgan fingerprint density at radius 3 is 2.23 bits per heavy atom. The average Bonchev–Trinajstić information content (AvgIpc) is 2.84. The van der Waals surface area contributed by atoms with Crippen LogP contribution in [-0.2, 0) is 14.9 Å². The van der Waals surface area contributed by atoms with Crippen LogP contribution in [-0.4, -0.2) is 26.4 Å². The summed E-state index contributed by atoms with van der Waals surface area (Å²) in [7, 11) is -4.05. The fraction of sp³-hybridized carbons (Fsp3) is 0.0385. The Hall–Kier alpha value is -4.50. The van der Waals surface area contributed by atoms with E-state index < -0.39 is 10.1 Å². The Balaban J connectivity index is 1.36. The molecule has 0 radical (unpaired) electrons. The van der Waals surface area contributed by atoms with Crippen LogP contribution < -0.4 is 14.9 Å². The molecule has 4 aromatic rings. The maximum Gasteiger partial charge on any atom is 0.339 e. The van der Waals surface area contributed by atoms with E-state index >= 15 is 0 Å². The predicted octanol–water partition coefficient (Wildman–Crippen LogP) is 4.33. The smallest absolute Gasteiger partial charge is 0.339 e. The summed E-state index contributed by atoms with van der Waals surface area (Å²) in [6.45, 7) is 1.36. The Labute approximate surface area is 202 Å². The summed E-state index contributed by atoms with van der Waals surface area (Å²) in [5.74, 6) is -0.482. The molecule has 9 heteroatoms. The molecular formula is C26H21N3O5S. The van der Waals surface area contributed by atoms with E-state index in [1.165, 1.54) is 49.5 Å². The third-order valence-electron chi connectivity index (χ3n) is 4.94. The molecule has 2 amide bonds. The maximum atomic E-state index is 12.5. The first-order chi connectivity index (χ1) is 16.8. The van der Waals surface area contributed by atoms with E-state index in [1.54, 1.807) is 24.3 Å². The standard InChI is InChI=1S/C26H21N3O5S/c1-18(30)28-23-10-14-25(15-11-23)35(32,33)34-24-12-6-19(7-13-24)17-27-29-26(31)22-9-8-20-4-2-3-5-21(20)16-22/h2-17H,1H3,(H,28,30)(H,29,31). The molecule has 35 heavy (non-hydrogen) atoms. The van der Waals surface area contributed by atoms with E-state index in [-0.39, 0.29) is 22.5 Å². The Morgan fingerprint density at radius 1 is 0.857 bits per heavy atom. The Kier molecular flexibility index (Phi) is 6.88. The molecule has 4 rings (SSSR count). The van der Waals surface area contributed by atoms with Gasteiger partial charge in [0.1, 0.15) is 10.6 Å². The molecule has 176 valence electrons. The number of benzene rings is 4. The van der Waals surface area contributed by atoms with Gasteiger partial charge in [0.2, 0.25) is 5.91 Å². The van der Waals surface area contributed by atoms with Gasteiger partial charge in [0.25, 0.3) is 5.91 Å². The quantitative estimate of drug-likeness (QED) is 0.229. The molecule has 0 aliphatic heterocycles. The van der Waals surface area contributed by atoms with Gasteiger partial charge in [-0.1, -0.05) is 30.3 Å². The minimum absolute atomic E-state index is 0.0476. The molecule has 0 fully saturated rings. The minimum atomic E-state index is -4.05. The van der Waals surface area contributed by atoms with Crippen molar-refractivity contribution in [1.82, 2.24) is 5.43 Å². The first-order valence-electron chi connectivity index (χ1n) is 10.5. The van der Waals surface area contributed by atoms with Gasteiger partial charge in [0.05, 0.1) is 6.21 Å². The number of rotatable bonds is 7. The fourth-order valence-corrected chi connectivity index (χ4v) is 4.18. The van der Waals surface area contributed by atoms with Gasteiger partial charge in [-0.05, 0) is 77.0 Å². The molecule has 0 bridgehead atoms. The molecule has 0 unspecified atom stereocenters. The lowest BCUT2D eigenvalue weighted by molar-refractivity contribution is -0.114. The number of carbonyl (C=O) groups excluding carboxylic acids is 2. The summed E-state index contributed by atoms with van der Waals surface area (Å²) in [6.07, 6.45) is 1.44. The predicted molar refractivity (Wildman–Crippen MR) is 134 cm³/mol. The van der Waals surface area contributed by atoms with Gasteiger partial charge < -0.3 is 9.50 Å². The van der Waals surface area contributed by atoms with Crippen molar-refractivity contribution < 1.29 is 22.2 Å². The topological polar surface area (TPSA) is 114 Å². The van der Waals surface area contributed by atoms with Crippen molar-refractivity contribution in [2.75, 3.05) is 5.32 Å². The van der Waals surface area contributed by atoms with Crippen LogP contribution in [0.25, 0.3) is 10.8 Å². The molecule has 0 aromatic heterocycles. The van der Waals surface area contributed by atoms with Gasteiger partial charge in [0.15, 0.2) is 0 Å². The highest BCUT2D eigenvalue weighted by Crippen LogP contribution is 2.21. The number of anilines is 1. The first-order valence-corrected chi connectivity index (χ1v) is 12.0. The molecular weight excluding hydrogens is 466 g/mol. The summed E-state index contributed by atoms with van der Waals surface area (Å²) in [5, 5.41) is 8.53. The van der Waals surface area contributed by atoms with Crippen LogP contribution in [0, 0.1) is 0 Å². The molecule has 2 N–H and O–H groups in total. The Bertz CT molecular complexity index is 1510. The zero-order valence-corrected chi connectivity index (χ0v) is 19.5. The first kappa shape index (κ1) is 23.7. The second-order valence-electron chi connectivity index (χ2n) is 7.57. The third kappa shape index (κ3) is 6.10. The number of amides is 2. The summed E-state index contributed by atoms with van der Waals surface area (Å²) in [6, 6.07) is 25.0. The number of nitrogens with zero attached hydrogens (tertiary/aromatic N) is 1. The molecule has 0 aliphatic carbocycles. The minimum Gasteiger partial charge on any atom is -0.379 e. The highest BCUT2D eigenvalue weighted by Gasteiger charge is 2.16. The van der Waals surface area contributed by atoms with E-state index in [1.807, 2.05) is 30.3 Å². The van der Waals surface area contributed by atoms with Crippen LogP contribution in [0.2, 0.25) is 0 Å². The number of nitrogens with one attached hydrogen (secondary N) is 2. The highest BCUT2D eigenvalue weighted by molar-refractivity contribution is 7.87. The summed E-state index contributed by atoms with van der Waals surface area (Å²) in [5.41, 5.74) is 4.08. The Morgan fingerprint density at radius 2 is 1.54 bits per heavy atom. The van der Waals surface area contributed by atoms with Crippen LogP contribution in [0.15, 0.2) is 101 Å². The molecule has 0 spiro atoms. The fourth-order valence-electron chi connectivity index (χ4n) is 3.25. The second kappa shape index (κ2) is 10.2. The van der Waals surface area contributed by atoms with Crippen molar-refractivity contribution in [2.24, 2.45) is 5.10 Å². The second-order valence-corrected chi connectivity index (χ2v) is 9.12. The SMILES string of the molecule is CC(=O)Nc1ccc(S(=O)(=O)Oc2ccc(C=NNC(=O)c3ccc4ccccc4c3)cc2)cc1. The lowest BCUT2D eigenvalue weighted by atomic mass is 10.1. The summed E-state index contributed by atoms with van der Waals surface area (Å²) < 4.78 is 30.2. The van der Waals surface area contributed by atoms with Crippen LogP contribution in [0.5, 0.6) is 5.75 Å². The lowest BCUT2D eigenvalue weighted by Gasteiger charge is -2.08. The summed E-state index contributed by atoms with van der Waals surface area (Å²) >= 11 is 0. The van der Waals surface area contributed by atoms with Crippen LogP contribution >= 0.6 is 0 Å². The van der Waals surface area contributed by atoms with Crippen molar-refractivity contribution in [3.63, 3.8) is 0 Å². The van der Waals surface area contributed by atoms with Gasteiger partial charge in [-0.3, -0.25) is 9.59 Å². The molecule has 0 saturated carbocycles. The van der Waals surface area contributed by atoms with Crippen LogP contribution in [0.4, 0.5) is 5.69 Å². The van der Waals surface area contributed by atoms with Crippen molar-refractivity contribution in [1.29, 1.82) is 0 Å². The van der Waals surface area contributed by atoms with E-state index in [0.717, 1.165) is 10.8 Å². The van der Waals surface area contributed by atoms with Gasteiger partial charge >= 0.3 is 10.1 Å². The lowest BCUT2D eigenvalue weighted by Crippen LogP contribution is -2.17. The number of fused-ring (bicyclic) bond motifs is 1. The molecule has 0 saturated heterocycles. The normalized spacial score (nSPS) is 11.3. The third-order valence-corrected chi connectivity index (χ3v) is 6.20. The van der Waals surface area contributed by atoms with Gasteiger partial charge in [0, 0.05) is 18.2 Å². The molecule has 0 heterocycles. The monoisotopic (exact) mass is 487 g/mol. The maximum absolute atomic E-state index is 12.5. The van der Waals surface area contributed by atoms with Crippen molar-refractivity contribution in [2.45, 2.75) is 11.8 Å². The van der Waals surface area contributed by atoms with Crippen molar-refractivity contribution in [3.8, 4) is 5.75 Å². The molecule has 0 atom stereocenters. The van der Waals surface area contributed by atoms with Crippen LogP contribution in [0.1, 0.15) is 22.8 Å². The number of carbonyl (C=O) groups is 2. The molecule has 0 aliphatic rings. The van der Waals surface area contributed by atoms with Crippen LogP contribution in [0.3, 0.4) is 0 Å². The molecule has 4 aromatic carbocycles. The molecule has 8 nitrogen and oxygen atoms in total. The van der Waals surface area contributed by atoms with Gasteiger partial charge in [-0.15, -0.1) is 0 Å². The number of hydrogen-bond donors (Lipinski definition) is 2. The van der Waals surface area contributed by atoms with E-state index in [2.05, 4.69) is 15.8 Å². The van der Waals surface area contributed by atoms with Crippen molar-refractivity contribution in [3.05, 3.63) is 102 Å². The summed E-state index contributed by atoms with van der Waals surface area (Å²) in [4.78, 5) is 23.4. The number of hydrazone groups is 1. The van der Waals surface area contributed by atoms with E-state index in [9.17, 15) is 18.0 Å². The van der Waals surface area contributed by atoms with Gasteiger partial charge in [-0.2, -0.15) is 13.5 Å².